The van der Waals surface area contributed by atoms with Gasteiger partial charge in [0.15, 0.2) is 4.75 Å². The molecule has 0 saturated heterocycles. The van der Waals surface area contributed by atoms with E-state index in [0.717, 1.165) is 23.4 Å². The fraction of sp³-hybridized carbons (Fsp3) is 0.350. The van der Waals surface area contributed by atoms with Gasteiger partial charge in [-0.05, 0) is 36.6 Å². The van der Waals surface area contributed by atoms with Crippen LogP contribution in [0.2, 0.25) is 0 Å². The summed E-state index contributed by atoms with van der Waals surface area (Å²) in [6.07, 6.45) is 1.53. The van der Waals surface area contributed by atoms with E-state index in [2.05, 4.69) is 9.98 Å². The largest absolute Gasteiger partial charge is 0.481 e. The smallest absolute Gasteiger partial charge is 0.296 e. The number of rotatable bonds is 6. The van der Waals surface area contributed by atoms with Gasteiger partial charge in [-0.25, -0.2) is 14.4 Å². The Kier molecular flexibility index (Phi) is 5.52. The van der Waals surface area contributed by atoms with E-state index in [1.54, 1.807) is 12.1 Å². The summed E-state index contributed by atoms with van der Waals surface area (Å²) in [5, 5.41) is 0.338. The Morgan fingerprint density at radius 3 is 2.57 bits per heavy atom. The van der Waals surface area contributed by atoms with Crippen LogP contribution in [-0.4, -0.2) is 27.8 Å². The number of halogens is 3. The molecule has 1 aliphatic heterocycles. The number of amides is 1. The van der Waals surface area contributed by atoms with Crippen LogP contribution in [0.15, 0.2) is 47.6 Å². The van der Waals surface area contributed by atoms with Crippen LogP contribution in [0, 0.1) is 5.82 Å². The fourth-order valence-electron chi connectivity index (χ4n) is 2.97. The first-order valence-corrected chi connectivity index (χ1v) is 9.44. The predicted molar refractivity (Wildman–Crippen MR) is 103 cm³/mol. The molecule has 1 unspecified atom stereocenters. The van der Waals surface area contributed by atoms with Crippen molar-refractivity contribution >= 4 is 22.7 Å². The Morgan fingerprint density at radius 1 is 1.25 bits per heavy atom. The Balaban J connectivity index is 1.80. The van der Waals surface area contributed by atoms with Gasteiger partial charge >= 0.3 is 0 Å². The molecule has 2 aromatic rings. The lowest BCUT2D eigenvalue weighted by Gasteiger charge is -2.31. The first kappa shape index (κ1) is 20.4. The third kappa shape index (κ3) is 3.65. The van der Waals surface area contributed by atoms with Crippen molar-refractivity contribution in [2.45, 2.75) is 36.9 Å². The summed E-state index contributed by atoms with van der Waals surface area (Å²) in [6.45, 7) is 3.08. The second-order valence-corrected chi connectivity index (χ2v) is 8.26. The minimum Gasteiger partial charge on any atom is -0.481 e. The zero-order chi connectivity index (χ0) is 20.5. The quantitative estimate of drug-likeness (QED) is 0.679. The van der Waals surface area contributed by atoms with Gasteiger partial charge in [0.1, 0.15) is 5.82 Å². The van der Waals surface area contributed by atoms with Crippen LogP contribution in [0.4, 0.5) is 13.2 Å². The Hall–Kier alpha value is -2.35. The van der Waals surface area contributed by atoms with Crippen molar-refractivity contribution in [2.24, 2.45) is 4.99 Å². The molecule has 1 amide bonds. The van der Waals surface area contributed by atoms with Crippen molar-refractivity contribution in [3.8, 4) is 5.88 Å². The van der Waals surface area contributed by atoms with Gasteiger partial charge in [-0.1, -0.05) is 30.8 Å². The first-order valence-electron chi connectivity index (χ1n) is 8.62. The topological polar surface area (TPSA) is 51.5 Å². The second kappa shape index (κ2) is 7.58. The van der Waals surface area contributed by atoms with Crippen LogP contribution in [-0.2, 0) is 10.7 Å². The molecule has 2 atom stereocenters. The summed E-state index contributed by atoms with van der Waals surface area (Å²) in [5.74, 6) is -4.76. The number of benzene rings is 1. The number of thioether (sulfide) groups is 1. The third-order valence-electron chi connectivity index (χ3n) is 4.78. The summed E-state index contributed by atoms with van der Waals surface area (Å²) < 4.78 is 46.4. The van der Waals surface area contributed by atoms with Gasteiger partial charge < -0.3 is 4.74 Å². The second-order valence-electron chi connectivity index (χ2n) is 6.76. The highest BCUT2D eigenvalue weighted by Crippen LogP contribution is 2.52. The van der Waals surface area contributed by atoms with Crippen LogP contribution in [0.25, 0.3) is 0 Å². The van der Waals surface area contributed by atoms with Crippen molar-refractivity contribution in [2.75, 3.05) is 7.11 Å². The number of hydrogen-bond donors (Lipinski definition) is 0. The summed E-state index contributed by atoms with van der Waals surface area (Å²) in [6, 6.07) is 8.25. The number of carbonyl (C=O) groups is 1. The van der Waals surface area contributed by atoms with Gasteiger partial charge in [0.2, 0.25) is 5.88 Å². The summed E-state index contributed by atoms with van der Waals surface area (Å²) in [7, 11) is 1.33. The van der Waals surface area contributed by atoms with Crippen molar-refractivity contribution < 1.29 is 22.7 Å². The monoisotopic (exact) mass is 408 g/mol. The number of hydrogen-bond acceptors (Lipinski definition) is 4. The number of aromatic nitrogens is 1. The average Bonchev–Trinajstić information content (AvgIpc) is 2.97. The Bertz CT molecular complexity index is 918. The van der Waals surface area contributed by atoms with Crippen LogP contribution in [0.3, 0.4) is 0 Å². The first-order chi connectivity index (χ1) is 13.2. The zero-order valence-corrected chi connectivity index (χ0v) is 16.4. The van der Waals surface area contributed by atoms with E-state index in [4.69, 9.17) is 4.74 Å². The Morgan fingerprint density at radius 2 is 1.93 bits per heavy atom. The van der Waals surface area contributed by atoms with E-state index in [1.807, 2.05) is 6.92 Å². The molecule has 1 aromatic heterocycles. The molecule has 0 N–H and O–H groups in total. The summed E-state index contributed by atoms with van der Waals surface area (Å²) >= 11 is 0.778. The Labute approximate surface area is 165 Å². The molecule has 2 heterocycles. The van der Waals surface area contributed by atoms with Gasteiger partial charge in [-0.2, -0.15) is 8.78 Å². The van der Waals surface area contributed by atoms with E-state index in [0.29, 0.717) is 11.5 Å². The molecule has 0 aliphatic carbocycles. The van der Waals surface area contributed by atoms with Crippen molar-refractivity contribution in [3.63, 3.8) is 0 Å². The molecular formula is C20H19F3N2O2S. The van der Waals surface area contributed by atoms with Gasteiger partial charge in [0.25, 0.3) is 11.8 Å². The summed E-state index contributed by atoms with van der Waals surface area (Å²) in [4.78, 5) is 20.2. The maximum absolute atomic E-state index is 15.3. The van der Waals surface area contributed by atoms with Crippen LogP contribution in [0.5, 0.6) is 5.88 Å². The zero-order valence-electron chi connectivity index (χ0n) is 15.6. The number of methoxy groups -OCH3 is 1. The highest BCUT2D eigenvalue weighted by molar-refractivity contribution is 8.16. The molecule has 0 fully saturated rings. The lowest BCUT2D eigenvalue weighted by molar-refractivity contribution is -0.130. The molecule has 4 nitrogen and oxygen atoms in total. The highest BCUT2D eigenvalue weighted by atomic mass is 32.2. The van der Waals surface area contributed by atoms with E-state index in [1.165, 1.54) is 38.4 Å². The van der Waals surface area contributed by atoms with E-state index in [9.17, 15) is 9.18 Å². The SMILES string of the molecule is COc1cc(C(F)(F)C2(C)SC(C[C@@H](C)c3ccc(F)cc3)=NC2=O)ccn1. The number of pyridine rings is 1. The minimum atomic E-state index is -3.48. The number of carbonyl (C=O) groups excluding carboxylic acids is 1. The van der Waals surface area contributed by atoms with Crippen molar-refractivity contribution in [1.29, 1.82) is 0 Å². The number of ether oxygens (including phenoxy) is 1. The van der Waals surface area contributed by atoms with Gasteiger partial charge in [0, 0.05) is 24.2 Å². The molecule has 0 radical (unpaired) electrons. The number of alkyl halides is 2. The van der Waals surface area contributed by atoms with Gasteiger partial charge in [-0.15, -0.1) is 0 Å². The average molecular weight is 408 g/mol. The van der Waals surface area contributed by atoms with E-state index in [-0.39, 0.29) is 23.2 Å². The highest BCUT2D eigenvalue weighted by Gasteiger charge is 2.60. The maximum Gasteiger partial charge on any atom is 0.296 e. The normalized spacial score (nSPS) is 20.8. The molecule has 0 saturated carbocycles. The molecule has 0 bridgehead atoms. The molecular weight excluding hydrogens is 389 g/mol. The van der Waals surface area contributed by atoms with Gasteiger partial charge in [-0.3, -0.25) is 4.79 Å². The number of aliphatic imine (C=N–C) groups is 1. The third-order valence-corrected chi connectivity index (χ3v) is 6.11. The van der Waals surface area contributed by atoms with Crippen LogP contribution in [0.1, 0.15) is 37.3 Å². The lowest BCUT2D eigenvalue weighted by Crippen LogP contribution is -2.44. The predicted octanol–water partition coefficient (Wildman–Crippen LogP) is 4.95. The van der Waals surface area contributed by atoms with Crippen molar-refractivity contribution in [3.05, 3.63) is 59.5 Å². The maximum atomic E-state index is 15.3. The van der Waals surface area contributed by atoms with Gasteiger partial charge in [0.05, 0.1) is 12.2 Å². The molecule has 0 spiro atoms. The van der Waals surface area contributed by atoms with E-state index < -0.39 is 16.6 Å². The minimum absolute atomic E-state index is 0.0438. The van der Waals surface area contributed by atoms with Crippen LogP contribution < -0.4 is 4.74 Å². The lowest BCUT2D eigenvalue weighted by atomic mass is 9.95. The summed E-state index contributed by atoms with van der Waals surface area (Å²) in [5.41, 5.74) is 0.488. The number of nitrogens with zero attached hydrogens (tertiary/aromatic N) is 2. The molecule has 28 heavy (non-hydrogen) atoms. The molecule has 1 aliphatic rings. The molecule has 148 valence electrons. The van der Waals surface area contributed by atoms with Crippen molar-refractivity contribution in [1.82, 2.24) is 4.98 Å². The standard InChI is InChI=1S/C20H19F3N2O2S/c1-12(13-4-6-15(21)7-5-13)10-17-25-18(26)19(2,28-17)20(22,23)14-8-9-24-16(11-14)27-3/h4-9,11-12H,10H2,1-3H3/t12-,19?/m1/s1. The molecule has 8 heteroatoms. The molecule has 1 aromatic carbocycles. The van der Waals surface area contributed by atoms with E-state index >= 15 is 8.78 Å². The fourth-order valence-corrected chi connectivity index (χ4v) is 4.28. The molecule has 3 rings (SSSR count). The van der Waals surface area contributed by atoms with Crippen LogP contribution >= 0.6 is 11.8 Å².